The van der Waals surface area contributed by atoms with E-state index < -0.39 is 35.4 Å². The fourth-order valence-corrected chi connectivity index (χ4v) is 1.12. The van der Waals surface area contributed by atoms with Gasteiger partial charge in [-0.05, 0) is 12.1 Å². The molecule has 1 aromatic rings. The second-order valence-electron chi connectivity index (χ2n) is 3.11. The van der Waals surface area contributed by atoms with E-state index in [0.717, 1.165) is 12.1 Å². The number of hydrogen-bond acceptors (Lipinski definition) is 2. The lowest BCUT2D eigenvalue weighted by Gasteiger charge is -2.14. The number of ether oxygens (including phenoxy) is 1. The highest BCUT2D eigenvalue weighted by Crippen LogP contribution is 2.35. The molecule has 0 aliphatic carbocycles. The van der Waals surface area contributed by atoms with Gasteiger partial charge in [0.2, 0.25) is 0 Å². The van der Waals surface area contributed by atoms with Crippen LogP contribution in [0.5, 0.6) is 5.75 Å². The molecule has 1 N–H and O–H groups in total. The Morgan fingerprint density at radius 1 is 1.41 bits per heavy atom. The summed E-state index contributed by atoms with van der Waals surface area (Å²) in [7, 11) is 0. The summed E-state index contributed by atoms with van der Waals surface area (Å²) in [6, 6.07) is 4.52. The number of carboxylic acid groups (broad SMARTS) is 1. The summed E-state index contributed by atoms with van der Waals surface area (Å²) in [6.07, 6.45) is -4.55. The van der Waals surface area contributed by atoms with Crippen molar-refractivity contribution in [2.45, 2.75) is 11.6 Å². The summed E-state index contributed by atoms with van der Waals surface area (Å²) in [6.45, 7) is -0.538. The van der Waals surface area contributed by atoms with Crippen LogP contribution in [0.1, 0.15) is 5.56 Å². The zero-order chi connectivity index (χ0) is 13.1. The van der Waals surface area contributed by atoms with Crippen molar-refractivity contribution in [1.82, 2.24) is 0 Å². The van der Waals surface area contributed by atoms with Gasteiger partial charge in [-0.2, -0.15) is 13.2 Å². The van der Waals surface area contributed by atoms with Crippen molar-refractivity contribution in [3.05, 3.63) is 29.8 Å². The van der Waals surface area contributed by atoms with Gasteiger partial charge in [0.15, 0.2) is 5.38 Å². The molecular formula is C10H8ClF3O3. The Morgan fingerprint density at radius 3 is 2.53 bits per heavy atom. The van der Waals surface area contributed by atoms with Gasteiger partial charge < -0.3 is 9.84 Å². The maximum atomic E-state index is 12.5. The first-order valence-electron chi connectivity index (χ1n) is 4.48. The van der Waals surface area contributed by atoms with Gasteiger partial charge in [-0.15, -0.1) is 11.6 Å². The van der Waals surface area contributed by atoms with Crippen LogP contribution in [0.25, 0.3) is 0 Å². The van der Waals surface area contributed by atoms with Gasteiger partial charge in [-0.3, -0.25) is 4.79 Å². The van der Waals surface area contributed by atoms with Crippen LogP contribution in [0.2, 0.25) is 0 Å². The summed E-state index contributed by atoms with van der Waals surface area (Å²) < 4.78 is 42.3. The highest BCUT2D eigenvalue weighted by molar-refractivity contribution is 6.29. The molecule has 1 atom stereocenters. The van der Waals surface area contributed by atoms with E-state index in [-0.39, 0.29) is 0 Å². The van der Waals surface area contributed by atoms with Crippen LogP contribution < -0.4 is 4.74 Å². The molecule has 0 aromatic heterocycles. The Hall–Kier alpha value is -1.43. The topological polar surface area (TPSA) is 46.5 Å². The minimum absolute atomic E-state index is 0.438. The number of para-hydroxylation sites is 1. The Labute approximate surface area is 99.8 Å². The van der Waals surface area contributed by atoms with E-state index in [4.69, 9.17) is 21.4 Å². The van der Waals surface area contributed by atoms with Gasteiger partial charge in [0, 0.05) is 0 Å². The highest BCUT2D eigenvalue weighted by Gasteiger charge is 2.34. The van der Waals surface area contributed by atoms with Gasteiger partial charge >= 0.3 is 12.1 Å². The minimum atomic E-state index is -4.55. The average Bonchev–Trinajstić information content (AvgIpc) is 2.24. The standard InChI is InChI=1S/C10H8ClF3O3/c11-7(9(15)16)5-17-8-4-2-1-3-6(8)10(12,13)14/h1-4,7H,5H2,(H,15,16). The smallest absolute Gasteiger partial charge is 0.419 e. The number of aliphatic carboxylic acids is 1. The number of carbonyl (C=O) groups is 1. The molecule has 1 aromatic carbocycles. The molecular weight excluding hydrogens is 261 g/mol. The third kappa shape index (κ3) is 3.81. The fourth-order valence-electron chi connectivity index (χ4n) is 1.06. The second kappa shape index (κ2) is 5.27. The molecule has 0 aliphatic rings. The predicted molar refractivity (Wildman–Crippen MR) is 54.2 cm³/mol. The van der Waals surface area contributed by atoms with Crippen LogP contribution in [0.15, 0.2) is 24.3 Å². The lowest BCUT2D eigenvalue weighted by atomic mass is 10.2. The van der Waals surface area contributed by atoms with Gasteiger partial charge in [-0.25, -0.2) is 0 Å². The SMILES string of the molecule is O=C(O)C(Cl)COc1ccccc1C(F)(F)F. The number of carboxylic acids is 1. The van der Waals surface area contributed by atoms with E-state index in [0.29, 0.717) is 0 Å². The minimum Gasteiger partial charge on any atom is -0.491 e. The van der Waals surface area contributed by atoms with Crippen LogP contribution in [-0.4, -0.2) is 23.1 Å². The Bertz CT molecular complexity index is 406. The van der Waals surface area contributed by atoms with Crippen LogP contribution in [0.3, 0.4) is 0 Å². The first-order chi connectivity index (χ1) is 7.82. The largest absolute Gasteiger partial charge is 0.491 e. The average molecular weight is 269 g/mol. The van der Waals surface area contributed by atoms with Crippen molar-refractivity contribution in [2.75, 3.05) is 6.61 Å². The van der Waals surface area contributed by atoms with Crippen molar-refractivity contribution >= 4 is 17.6 Å². The van der Waals surface area contributed by atoms with E-state index in [1.54, 1.807) is 0 Å². The summed E-state index contributed by atoms with van der Waals surface area (Å²) in [5.74, 6) is -1.79. The summed E-state index contributed by atoms with van der Waals surface area (Å²) in [5.41, 5.74) is -0.964. The maximum Gasteiger partial charge on any atom is 0.419 e. The van der Waals surface area contributed by atoms with Gasteiger partial charge in [0.05, 0.1) is 5.56 Å². The third-order valence-electron chi connectivity index (χ3n) is 1.85. The summed E-state index contributed by atoms with van der Waals surface area (Å²) in [5, 5.41) is 7.06. The quantitative estimate of drug-likeness (QED) is 0.854. The Kier molecular flexibility index (Phi) is 4.22. The van der Waals surface area contributed by atoms with Crippen LogP contribution in [0.4, 0.5) is 13.2 Å². The fraction of sp³-hybridized carbons (Fsp3) is 0.300. The molecule has 0 aliphatic heterocycles. The molecule has 0 radical (unpaired) electrons. The predicted octanol–water partition coefficient (Wildman–Crippen LogP) is 2.78. The normalized spacial score (nSPS) is 13.2. The van der Waals surface area contributed by atoms with Crippen molar-refractivity contribution in [3.8, 4) is 5.75 Å². The molecule has 0 bridgehead atoms. The van der Waals surface area contributed by atoms with Gasteiger partial charge in [0.1, 0.15) is 12.4 Å². The van der Waals surface area contributed by atoms with Crippen molar-refractivity contribution < 1.29 is 27.8 Å². The first-order valence-corrected chi connectivity index (χ1v) is 4.92. The van der Waals surface area contributed by atoms with Crippen LogP contribution >= 0.6 is 11.6 Å². The Morgan fingerprint density at radius 2 is 2.00 bits per heavy atom. The lowest BCUT2D eigenvalue weighted by molar-refractivity contribution is -0.139. The molecule has 0 amide bonds. The molecule has 0 heterocycles. The maximum absolute atomic E-state index is 12.5. The zero-order valence-electron chi connectivity index (χ0n) is 8.37. The number of benzene rings is 1. The second-order valence-corrected chi connectivity index (χ2v) is 3.64. The van der Waals surface area contributed by atoms with E-state index in [1.807, 2.05) is 0 Å². The molecule has 1 rings (SSSR count). The van der Waals surface area contributed by atoms with Crippen molar-refractivity contribution in [1.29, 1.82) is 0 Å². The number of rotatable bonds is 4. The molecule has 0 saturated heterocycles. The van der Waals surface area contributed by atoms with E-state index in [1.165, 1.54) is 12.1 Å². The monoisotopic (exact) mass is 268 g/mol. The van der Waals surface area contributed by atoms with Gasteiger partial charge in [0.25, 0.3) is 0 Å². The van der Waals surface area contributed by atoms with Crippen molar-refractivity contribution in [3.63, 3.8) is 0 Å². The van der Waals surface area contributed by atoms with Gasteiger partial charge in [-0.1, -0.05) is 12.1 Å². The van der Waals surface area contributed by atoms with E-state index in [2.05, 4.69) is 0 Å². The van der Waals surface area contributed by atoms with Crippen LogP contribution in [-0.2, 0) is 11.0 Å². The number of halogens is 4. The van der Waals surface area contributed by atoms with E-state index in [9.17, 15) is 18.0 Å². The Balaban J connectivity index is 2.81. The van der Waals surface area contributed by atoms with E-state index >= 15 is 0 Å². The highest BCUT2D eigenvalue weighted by atomic mass is 35.5. The molecule has 0 spiro atoms. The first kappa shape index (κ1) is 13.6. The molecule has 94 valence electrons. The lowest BCUT2D eigenvalue weighted by Crippen LogP contribution is -2.22. The molecule has 3 nitrogen and oxygen atoms in total. The number of alkyl halides is 4. The summed E-state index contributed by atoms with van der Waals surface area (Å²) in [4.78, 5) is 10.4. The molecule has 17 heavy (non-hydrogen) atoms. The molecule has 7 heteroatoms. The summed E-state index contributed by atoms with van der Waals surface area (Å²) >= 11 is 5.33. The van der Waals surface area contributed by atoms with Crippen LogP contribution in [0, 0.1) is 0 Å². The zero-order valence-corrected chi connectivity index (χ0v) is 9.13. The molecule has 1 unspecified atom stereocenters. The third-order valence-corrected chi connectivity index (χ3v) is 2.16. The molecule has 0 saturated carbocycles. The van der Waals surface area contributed by atoms with Crippen molar-refractivity contribution in [2.24, 2.45) is 0 Å². The molecule has 0 fully saturated rings. The number of hydrogen-bond donors (Lipinski definition) is 1.